The molecule has 10 heteroatoms. The molecule has 0 aromatic rings. The van der Waals surface area contributed by atoms with E-state index in [2.05, 4.69) is 74.6 Å². The Morgan fingerprint density at radius 1 is 0.500 bits per heavy atom. The molecule has 368 valence electrons. The summed E-state index contributed by atoms with van der Waals surface area (Å²) in [6.07, 6.45) is 49.2. The van der Waals surface area contributed by atoms with Gasteiger partial charge in [0.25, 0.3) is 0 Å². The lowest BCUT2D eigenvalue weighted by molar-refractivity contribution is -0.305. The molecular weight excluding hydrogens is 809 g/mol. The molecule has 0 radical (unpaired) electrons. The van der Waals surface area contributed by atoms with Gasteiger partial charge in [-0.05, 0) is 51.4 Å². The summed E-state index contributed by atoms with van der Waals surface area (Å²) in [4.78, 5) is 25.4. The van der Waals surface area contributed by atoms with Gasteiger partial charge in [0.05, 0.1) is 13.2 Å². The van der Waals surface area contributed by atoms with Crippen molar-refractivity contribution in [2.24, 2.45) is 0 Å². The summed E-state index contributed by atoms with van der Waals surface area (Å²) in [5.41, 5.74) is 0. The zero-order valence-corrected chi connectivity index (χ0v) is 40.3. The predicted octanol–water partition coefficient (Wildman–Crippen LogP) is 11.9. The second-order valence-corrected chi connectivity index (χ2v) is 17.2. The maximum atomic E-state index is 12.8. The fourth-order valence-electron chi connectivity index (χ4n) is 7.39. The molecule has 1 rings (SSSR count). The summed E-state index contributed by atoms with van der Waals surface area (Å²) >= 11 is 0. The Morgan fingerprint density at radius 3 is 1.36 bits per heavy atom. The van der Waals surface area contributed by atoms with Crippen LogP contribution < -0.4 is 0 Å². The smallest absolute Gasteiger partial charge is 0.306 e. The van der Waals surface area contributed by atoms with E-state index in [-0.39, 0.29) is 26.1 Å². The molecule has 2 unspecified atom stereocenters. The van der Waals surface area contributed by atoms with Crippen LogP contribution in [0.1, 0.15) is 200 Å². The summed E-state index contributed by atoms with van der Waals surface area (Å²) in [5, 5.41) is 40.2. The molecule has 1 aliphatic rings. The average Bonchev–Trinajstić information content (AvgIpc) is 3.29. The Kier molecular flexibility index (Phi) is 40.7. The maximum absolute atomic E-state index is 12.8. The van der Waals surface area contributed by atoms with Crippen molar-refractivity contribution in [3.8, 4) is 0 Å². The minimum Gasteiger partial charge on any atom is -0.462 e. The highest BCUT2D eigenvalue weighted by Gasteiger charge is 2.44. The number of carbonyl (C=O) groups is 2. The van der Waals surface area contributed by atoms with E-state index in [9.17, 15) is 30.0 Å². The monoisotopic (exact) mass is 901 g/mol. The Balaban J connectivity index is 2.31. The first-order chi connectivity index (χ1) is 31.3. The van der Waals surface area contributed by atoms with Crippen molar-refractivity contribution < 1.29 is 49.0 Å². The number of ether oxygens (including phenoxy) is 4. The third-order valence-corrected chi connectivity index (χ3v) is 11.4. The van der Waals surface area contributed by atoms with Gasteiger partial charge in [0.2, 0.25) is 0 Å². The fraction of sp³-hybridized carbons (Fsp3) is 0.741. The van der Waals surface area contributed by atoms with Crippen molar-refractivity contribution in [3.63, 3.8) is 0 Å². The topological polar surface area (TPSA) is 152 Å². The summed E-state index contributed by atoms with van der Waals surface area (Å²) < 4.78 is 22.2. The average molecular weight is 901 g/mol. The number of unbranched alkanes of at least 4 members (excludes halogenated alkanes) is 19. The highest BCUT2D eigenvalue weighted by molar-refractivity contribution is 5.70. The second kappa shape index (κ2) is 44.0. The lowest BCUT2D eigenvalue weighted by Gasteiger charge is -2.39. The van der Waals surface area contributed by atoms with E-state index in [1.807, 2.05) is 12.2 Å². The van der Waals surface area contributed by atoms with Crippen molar-refractivity contribution in [2.75, 3.05) is 19.8 Å². The lowest BCUT2D eigenvalue weighted by atomic mass is 9.99. The third-order valence-electron chi connectivity index (χ3n) is 11.4. The van der Waals surface area contributed by atoms with Gasteiger partial charge in [0, 0.05) is 12.8 Å². The molecule has 0 amide bonds. The SMILES string of the molecule is CC/C=C/C/C=C/C/C=C/C/C=C/C/C=C/C/C=C/CCC(=O)OC[C@H](CO[C@@H]1O[C@H](CO)[C@H](O)C(O)C1O)OC(=O)CCCCCCCCCCCCCCCCCCCCCC. The fourth-order valence-corrected chi connectivity index (χ4v) is 7.39. The van der Waals surface area contributed by atoms with Gasteiger partial charge >= 0.3 is 11.9 Å². The number of hydrogen-bond donors (Lipinski definition) is 4. The van der Waals surface area contributed by atoms with Gasteiger partial charge < -0.3 is 39.4 Å². The van der Waals surface area contributed by atoms with E-state index >= 15 is 0 Å². The summed E-state index contributed by atoms with van der Waals surface area (Å²) in [7, 11) is 0. The number of aliphatic hydroxyl groups excluding tert-OH is 4. The van der Waals surface area contributed by atoms with Crippen molar-refractivity contribution in [2.45, 2.75) is 237 Å². The van der Waals surface area contributed by atoms with Gasteiger partial charge in [-0.3, -0.25) is 9.59 Å². The largest absolute Gasteiger partial charge is 0.462 e. The second-order valence-electron chi connectivity index (χ2n) is 17.2. The van der Waals surface area contributed by atoms with E-state index in [1.54, 1.807) is 0 Å². The molecule has 1 saturated heterocycles. The van der Waals surface area contributed by atoms with Crippen molar-refractivity contribution >= 4 is 11.9 Å². The molecule has 64 heavy (non-hydrogen) atoms. The van der Waals surface area contributed by atoms with Crippen LogP contribution in [0, 0.1) is 0 Å². The first kappa shape index (κ1) is 59.2. The number of carbonyl (C=O) groups excluding carboxylic acids is 2. The van der Waals surface area contributed by atoms with Crippen LogP contribution in [-0.4, -0.2) is 89.0 Å². The molecule has 0 spiro atoms. The summed E-state index contributed by atoms with van der Waals surface area (Å²) in [6.45, 7) is 3.25. The summed E-state index contributed by atoms with van der Waals surface area (Å²) in [6, 6.07) is 0. The third kappa shape index (κ3) is 34.5. The lowest BCUT2D eigenvalue weighted by Crippen LogP contribution is -2.59. The van der Waals surface area contributed by atoms with Crippen LogP contribution in [0.15, 0.2) is 72.9 Å². The van der Waals surface area contributed by atoms with Crippen LogP contribution in [0.3, 0.4) is 0 Å². The molecule has 1 heterocycles. The van der Waals surface area contributed by atoms with Gasteiger partial charge in [0.15, 0.2) is 12.4 Å². The van der Waals surface area contributed by atoms with Crippen LogP contribution in [0.5, 0.6) is 0 Å². The van der Waals surface area contributed by atoms with E-state index < -0.39 is 55.4 Å². The van der Waals surface area contributed by atoms with Gasteiger partial charge in [-0.25, -0.2) is 0 Å². The zero-order chi connectivity index (χ0) is 46.6. The van der Waals surface area contributed by atoms with Gasteiger partial charge in [-0.2, -0.15) is 0 Å². The Hall–Kier alpha value is -2.86. The molecular formula is C54H92O10. The number of allylic oxidation sites excluding steroid dienone is 12. The van der Waals surface area contributed by atoms with Crippen LogP contribution in [0.4, 0.5) is 0 Å². The van der Waals surface area contributed by atoms with Gasteiger partial charge in [-0.1, -0.05) is 209 Å². The molecule has 4 N–H and O–H groups in total. The summed E-state index contributed by atoms with van der Waals surface area (Å²) in [5.74, 6) is -0.902. The number of rotatable bonds is 42. The van der Waals surface area contributed by atoms with Crippen LogP contribution in [0.2, 0.25) is 0 Å². The van der Waals surface area contributed by atoms with E-state index in [1.165, 1.54) is 103 Å². The highest BCUT2D eigenvalue weighted by Crippen LogP contribution is 2.23. The Morgan fingerprint density at radius 2 is 0.922 bits per heavy atom. The normalized spacial score (nSPS) is 20.0. The Bertz CT molecular complexity index is 1270. The van der Waals surface area contributed by atoms with Gasteiger partial charge in [0.1, 0.15) is 31.0 Å². The van der Waals surface area contributed by atoms with Crippen molar-refractivity contribution in [1.29, 1.82) is 0 Å². The number of aliphatic hydroxyl groups is 4. The predicted molar refractivity (Wildman–Crippen MR) is 261 cm³/mol. The number of hydrogen-bond acceptors (Lipinski definition) is 10. The van der Waals surface area contributed by atoms with E-state index in [0.29, 0.717) is 12.8 Å². The van der Waals surface area contributed by atoms with Crippen LogP contribution >= 0.6 is 0 Å². The van der Waals surface area contributed by atoms with E-state index in [4.69, 9.17) is 18.9 Å². The minimum absolute atomic E-state index is 0.149. The molecule has 0 aromatic heterocycles. The highest BCUT2D eigenvalue weighted by atomic mass is 16.7. The molecule has 0 saturated carbocycles. The van der Waals surface area contributed by atoms with E-state index in [0.717, 1.165) is 57.8 Å². The molecule has 1 fully saturated rings. The zero-order valence-electron chi connectivity index (χ0n) is 40.3. The molecule has 10 nitrogen and oxygen atoms in total. The maximum Gasteiger partial charge on any atom is 0.306 e. The van der Waals surface area contributed by atoms with Crippen LogP contribution in [-0.2, 0) is 28.5 Å². The first-order valence-electron chi connectivity index (χ1n) is 25.5. The quantitative estimate of drug-likeness (QED) is 0.0265. The van der Waals surface area contributed by atoms with Crippen molar-refractivity contribution in [1.82, 2.24) is 0 Å². The molecule has 0 bridgehead atoms. The molecule has 0 aromatic carbocycles. The molecule has 0 aliphatic carbocycles. The Labute approximate surface area is 389 Å². The molecule has 1 aliphatic heterocycles. The standard InChI is InChI=1S/C54H92O10/c1-3-5-7-9-11-13-15-17-19-21-23-25-27-29-31-33-35-37-39-41-43-50(57)63-47(46-62-54-53(60)52(59)51(58)48(44-55)64-54)45-61-49(56)42-40-38-36-34-32-30-28-26-24-22-20-18-16-14-12-10-8-6-4-2/h6,8,12,14,18,20,24,26,30,32,36,38,47-48,51-55,58-60H,3-5,7,9-11,13,15-17,19,21-23,25,27-29,31,33-35,37,39-46H2,1-2H3/b8-6+,14-12+,20-18+,26-24+,32-30+,38-36+/t47-,48-,51+,52?,53?,54-/m1/s1. The van der Waals surface area contributed by atoms with Crippen LogP contribution in [0.25, 0.3) is 0 Å². The first-order valence-corrected chi connectivity index (χ1v) is 25.5. The number of esters is 2. The molecule has 6 atom stereocenters. The van der Waals surface area contributed by atoms with Crippen molar-refractivity contribution in [3.05, 3.63) is 72.9 Å². The van der Waals surface area contributed by atoms with Gasteiger partial charge in [-0.15, -0.1) is 0 Å². The minimum atomic E-state index is -1.61.